The lowest BCUT2D eigenvalue weighted by Gasteiger charge is -2.30. The Hall–Kier alpha value is -4.29. The van der Waals surface area contributed by atoms with Gasteiger partial charge in [0, 0.05) is 20.7 Å². The van der Waals surface area contributed by atoms with Gasteiger partial charge in [-0.15, -0.1) is 10.2 Å². The number of halogens is 1. The molecule has 0 bridgehead atoms. The van der Waals surface area contributed by atoms with Gasteiger partial charge in [-0.05, 0) is 96.8 Å². The van der Waals surface area contributed by atoms with Gasteiger partial charge in [-0.25, -0.2) is 0 Å². The lowest BCUT2D eigenvalue weighted by atomic mass is 9.70. The molecule has 1 spiro atoms. The van der Waals surface area contributed by atoms with Crippen molar-refractivity contribution < 1.29 is 0 Å². The highest BCUT2D eigenvalue weighted by molar-refractivity contribution is 14.1. The SMILES string of the molecule is Ic1ccc2c(c1)C1(c3ccccc3-c3ccccc31)c1cc(-c3nnc4c5ccccc5ccn34)ccc1-2. The van der Waals surface area contributed by atoms with Gasteiger partial charge < -0.3 is 0 Å². The van der Waals surface area contributed by atoms with Crippen molar-refractivity contribution in [3.05, 3.63) is 147 Å². The van der Waals surface area contributed by atoms with Crippen molar-refractivity contribution >= 4 is 39.0 Å². The van der Waals surface area contributed by atoms with E-state index in [2.05, 4.69) is 154 Å². The Bertz CT molecular complexity index is 2110. The molecule has 2 aliphatic rings. The van der Waals surface area contributed by atoms with E-state index in [1.807, 2.05) is 0 Å². The zero-order valence-electron chi connectivity index (χ0n) is 20.8. The maximum atomic E-state index is 4.72. The summed E-state index contributed by atoms with van der Waals surface area (Å²) in [5.41, 5.74) is 12.2. The van der Waals surface area contributed by atoms with E-state index < -0.39 is 0 Å². The Morgan fingerprint density at radius 2 is 1.21 bits per heavy atom. The van der Waals surface area contributed by atoms with Crippen LogP contribution in [-0.4, -0.2) is 14.6 Å². The second-order valence-electron chi connectivity index (χ2n) is 10.4. The minimum absolute atomic E-state index is 0.373. The van der Waals surface area contributed by atoms with Gasteiger partial charge in [-0.3, -0.25) is 4.40 Å². The molecule has 0 atom stereocenters. The average molecular weight is 609 g/mol. The minimum atomic E-state index is -0.373. The first-order valence-electron chi connectivity index (χ1n) is 13.1. The molecule has 0 fully saturated rings. The molecule has 2 aliphatic carbocycles. The Labute approximate surface area is 238 Å². The van der Waals surface area contributed by atoms with Gasteiger partial charge >= 0.3 is 0 Å². The van der Waals surface area contributed by atoms with Crippen LogP contribution < -0.4 is 0 Å². The fourth-order valence-corrected chi connectivity index (χ4v) is 7.56. The molecule has 0 saturated carbocycles. The van der Waals surface area contributed by atoms with Crippen molar-refractivity contribution in [1.82, 2.24) is 14.6 Å². The zero-order chi connectivity index (χ0) is 25.7. The molecule has 3 nitrogen and oxygen atoms in total. The number of rotatable bonds is 1. The van der Waals surface area contributed by atoms with Crippen LogP contribution in [0.2, 0.25) is 0 Å². The van der Waals surface area contributed by atoms with E-state index in [4.69, 9.17) is 5.10 Å². The van der Waals surface area contributed by atoms with Gasteiger partial charge in [0.15, 0.2) is 11.5 Å². The molecule has 4 heteroatoms. The van der Waals surface area contributed by atoms with Crippen molar-refractivity contribution in [2.45, 2.75) is 5.41 Å². The van der Waals surface area contributed by atoms with Gasteiger partial charge in [-0.2, -0.15) is 0 Å². The van der Waals surface area contributed by atoms with E-state index >= 15 is 0 Å². The molecule has 0 aliphatic heterocycles. The fraction of sp³-hybridized carbons (Fsp3) is 0.0286. The van der Waals surface area contributed by atoms with Crippen LogP contribution in [0.3, 0.4) is 0 Å². The Kier molecular flexibility index (Phi) is 4.24. The van der Waals surface area contributed by atoms with Crippen molar-refractivity contribution in [2.24, 2.45) is 0 Å². The molecule has 5 aromatic carbocycles. The predicted octanol–water partition coefficient (Wildman–Crippen LogP) is 8.50. The summed E-state index contributed by atoms with van der Waals surface area (Å²) in [6, 6.07) is 42.1. The van der Waals surface area contributed by atoms with E-state index in [-0.39, 0.29) is 5.41 Å². The van der Waals surface area contributed by atoms with Crippen LogP contribution in [-0.2, 0) is 5.41 Å². The number of benzene rings is 5. The van der Waals surface area contributed by atoms with E-state index in [0.29, 0.717) is 0 Å². The molecular weight excluding hydrogens is 589 g/mol. The van der Waals surface area contributed by atoms with Crippen LogP contribution in [0.15, 0.2) is 121 Å². The monoisotopic (exact) mass is 609 g/mol. The highest BCUT2D eigenvalue weighted by atomic mass is 127. The van der Waals surface area contributed by atoms with E-state index in [0.717, 1.165) is 22.4 Å². The first-order chi connectivity index (χ1) is 19.2. The molecule has 0 N–H and O–H groups in total. The summed E-state index contributed by atoms with van der Waals surface area (Å²) in [4.78, 5) is 0. The molecule has 0 saturated heterocycles. The van der Waals surface area contributed by atoms with Crippen LogP contribution in [0, 0.1) is 3.57 Å². The molecule has 9 rings (SSSR count). The Morgan fingerprint density at radius 3 is 2.00 bits per heavy atom. The van der Waals surface area contributed by atoms with Crippen LogP contribution in [0.1, 0.15) is 22.3 Å². The summed E-state index contributed by atoms with van der Waals surface area (Å²) in [5, 5.41) is 11.6. The highest BCUT2D eigenvalue weighted by Crippen LogP contribution is 2.63. The Balaban J connectivity index is 1.38. The molecular formula is C35H20IN3. The van der Waals surface area contributed by atoms with Crippen LogP contribution in [0.25, 0.3) is 50.1 Å². The van der Waals surface area contributed by atoms with E-state index in [1.165, 1.54) is 53.5 Å². The normalized spacial score (nSPS) is 14.0. The van der Waals surface area contributed by atoms with Crippen LogP contribution in [0.5, 0.6) is 0 Å². The first kappa shape index (κ1) is 21.6. The van der Waals surface area contributed by atoms with Crippen LogP contribution in [0.4, 0.5) is 0 Å². The lowest BCUT2D eigenvalue weighted by molar-refractivity contribution is 0.793. The molecule has 2 aromatic heterocycles. The summed E-state index contributed by atoms with van der Waals surface area (Å²) in [5.74, 6) is 0.860. The van der Waals surface area contributed by atoms with Crippen molar-refractivity contribution in [2.75, 3.05) is 0 Å². The third kappa shape index (κ3) is 2.67. The second-order valence-corrected chi connectivity index (χ2v) is 11.7. The number of fused-ring (bicyclic) bond motifs is 13. The molecule has 7 aromatic rings. The predicted molar refractivity (Wildman–Crippen MR) is 165 cm³/mol. The molecule has 182 valence electrons. The molecule has 0 unspecified atom stereocenters. The number of hydrogen-bond acceptors (Lipinski definition) is 2. The number of aromatic nitrogens is 3. The molecule has 0 radical (unpaired) electrons. The van der Waals surface area contributed by atoms with Gasteiger partial charge in [0.25, 0.3) is 0 Å². The van der Waals surface area contributed by atoms with Crippen molar-refractivity contribution in [3.63, 3.8) is 0 Å². The number of pyridine rings is 1. The van der Waals surface area contributed by atoms with Crippen molar-refractivity contribution in [1.29, 1.82) is 0 Å². The van der Waals surface area contributed by atoms with E-state index in [1.54, 1.807) is 0 Å². The van der Waals surface area contributed by atoms with Gasteiger partial charge in [0.05, 0.1) is 5.41 Å². The third-order valence-corrected chi connectivity index (χ3v) is 9.28. The summed E-state index contributed by atoms with van der Waals surface area (Å²) >= 11 is 2.45. The third-order valence-electron chi connectivity index (χ3n) is 8.61. The van der Waals surface area contributed by atoms with Crippen molar-refractivity contribution in [3.8, 4) is 33.6 Å². The maximum Gasteiger partial charge on any atom is 0.168 e. The molecule has 39 heavy (non-hydrogen) atoms. The molecule has 2 heterocycles. The van der Waals surface area contributed by atoms with Gasteiger partial charge in [0.2, 0.25) is 0 Å². The zero-order valence-corrected chi connectivity index (χ0v) is 22.9. The quantitative estimate of drug-likeness (QED) is 0.175. The molecule has 0 amide bonds. The van der Waals surface area contributed by atoms with Gasteiger partial charge in [-0.1, -0.05) is 91.0 Å². The topological polar surface area (TPSA) is 30.2 Å². The summed E-state index contributed by atoms with van der Waals surface area (Å²) in [6.07, 6.45) is 2.09. The first-order valence-corrected chi connectivity index (χ1v) is 14.2. The summed E-state index contributed by atoms with van der Waals surface area (Å²) in [6.45, 7) is 0. The standard InChI is InChI=1S/C35H20IN3/c36-23-14-16-28-27-15-13-22(33-37-38-34-24-8-2-1-7-21(24)17-18-39(33)34)19-31(27)35(32(28)20-23)29-11-5-3-9-25(29)26-10-4-6-12-30(26)35/h1-20H. The Morgan fingerprint density at radius 1 is 0.564 bits per heavy atom. The number of nitrogens with zero attached hydrogens (tertiary/aromatic N) is 3. The highest BCUT2D eigenvalue weighted by Gasteiger charge is 2.51. The van der Waals surface area contributed by atoms with Gasteiger partial charge in [0.1, 0.15) is 0 Å². The summed E-state index contributed by atoms with van der Waals surface area (Å²) < 4.78 is 3.37. The van der Waals surface area contributed by atoms with E-state index in [9.17, 15) is 0 Å². The fourth-order valence-electron chi connectivity index (χ4n) is 7.06. The smallest absolute Gasteiger partial charge is 0.168 e. The van der Waals surface area contributed by atoms with Crippen LogP contribution >= 0.6 is 22.6 Å². The largest absolute Gasteiger partial charge is 0.282 e. The maximum absolute atomic E-state index is 4.72. The lowest BCUT2D eigenvalue weighted by Crippen LogP contribution is -2.26. The average Bonchev–Trinajstić information content (AvgIpc) is 3.64. The summed E-state index contributed by atoms with van der Waals surface area (Å²) in [7, 11) is 0. The second kappa shape index (κ2) is 7.64. The minimum Gasteiger partial charge on any atom is -0.282 e. The number of hydrogen-bond donors (Lipinski definition) is 0.